The van der Waals surface area contributed by atoms with Crippen LogP contribution in [0.1, 0.15) is 239 Å². The average molecular weight is 945 g/mol. The van der Waals surface area contributed by atoms with Crippen LogP contribution in [0.4, 0.5) is 0 Å². The zero-order chi connectivity index (χ0) is 47.6. The van der Waals surface area contributed by atoms with Crippen LogP contribution in [0.15, 0.2) is 24.3 Å². The molecule has 4 N–H and O–H groups in total. The number of hydrogen-bond acceptors (Lipinski definition) is 11. The molecule has 0 radical (unpaired) electrons. The van der Waals surface area contributed by atoms with Crippen LogP contribution in [0, 0.1) is 0 Å². The summed E-state index contributed by atoms with van der Waals surface area (Å²) < 4.78 is 54.2. The van der Waals surface area contributed by atoms with E-state index in [-0.39, 0.29) is 19.4 Å². The van der Waals surface area contributed by atoms with Crippen LogP contribution in [-0.4, -0.2) is 96.0 Å². The van der Waals surface area contributed by atoms with E-state index in [0.29, 0.717) is 12.8 Å². The van der Waals surface area contributed by atoms with Crippen LogP contribution in [0.2, 0.25) is 0 Å². The highest BCUT2D eigenvalue weighted by Crippen LogP contribution is 2.24. The predicted octanol–water partition coefficient (Wildman–Crippen LogP) is 12.0. The van der Waals surface area contributed by atoms with Crippen molar-refractivity contribution < 1.29 is 56.8 Å². The molecule has 13 heteroatoms. The Morgan fingerprint density at radius 2 is 0.923 bits per heavy atom. The number of esters is 2. The van der Waals surface area contributed by atoms with Crippen LogP contribution in [0.5, 0.6) is 0 Å². The minimum absolute atomic E-state index is 0.151. The Morgan fingerprint density at radius 1 is 0.523 bits per heavy atom. The van der Waals surface area contributed by atoms with Gasteiger partial charge in [0.05, 0.1) is 6.61 Å². The summed E-state index contributed by atoms with van der Waals surface area (Å²) in [4.78, 5) is 25.5. The minimum Gasteiger partial charge on any atom is -0.462 e. The average Bonchev–Trinajstić information content (AvgIpc) is 3.27. The first-order valence-electron chi connectivity index (χ1n) is 26.4. The van der Waals surface area contributed by atoms with E-state index in [4.69, 9.17) is 18.9 Å². The number of unbranched alkanes of at least 4 members (excludes halogenated alkanes) is 29. The van der Waals surface area contributed by atoms with Gasteiger partial charge in [-0.3, -0.25) is 14.1 Å². The minimum atomic E-state index is -4.60. The molecule has 12 nitrogen and oxygen atoms in total. The van der Waals surface area contributed by atoms with Crippen LogP contribution in [0.3, 0.4) is 0 Å². The summed E-state index contributed by atoms with van der Waals surface area (Å²) in [5.41, 5.74) is 0. The molecule has 1 rings (SSSR count). The summed E-state index contributed by atoms with van der Waals surface area (Å²) >= 11 is 0. The number of allylic oxidation sites excluding steroid dienone is 4. The molecule has 0 amide bonds. The molecule has 0 aliphatic carbocycles. The fourth-order valence-corrected chi connectivity index (χ4v) is 8.87. The number of aliphatic hydroxyl groups excluding tert-OH is 3. The zero-order valence-corrected chi connectivity index (χ0v) is 41.9. The molecular weight excluding hydrogens is 849 g/mol. The lowest BCUT2D eigenvalue weighted by Gasteiger charge is -2.40. The fraction of sp³-hybridized carbons (Fsp3) is 0.885. The van der Waals surface area contributed by atoms with E-state index in [1.165, 1.54) is 135 Å². The maximum Gasteiger partial charge on any atom is 0.306 e. The van der Waals surface area contributed by atoms with Gasteiger partial charge in [-0.1, -0.05) is 205 Å². The lowest BCUT2D eigenvalue weighted by molar-refractivity contribution is -0.297. The third-order valence-electron chi connectivity index (χ3n) is 12.3. The summed E-state index contributed by atoms with van der Waals surface area (Å²) in [5, 5.41) is 31.0. The maximum absolute atomic E-state index is 12.8. The molecule has 1 saturated heterocycles. The van der Waals surface area contributed by atoms with E-state index in [1.807, 2.05) is 0 Å². The van der Waals surface area contributed by atoms with Gasteiger partial charge in [0, 0.05) is 12.8 Å². The number of hydrogen-bond donors (Lipinski definition) is 4. The number of carbonyl (C=O) groups is 2. The Hall–Kier alpha value is -1.87. The summed E-state index contributed by atoms with van der Waals surface area (Å²) in [7, 11) is -4.60. The molecular formula is C52H96O12S. The quantitative estimate of drug-likeness (QED) is 0.0196. The van der Waals surface area contributed by atoms with Crippen molar-refractivity contribution in [2.45, 2.75) is 275 Å². The Balaban J connectivity index is 2.33. The van der Waals surface area contributed by atoms with Crippen molar-refractivity contribution in [3.8, 4) is 0 Å². The van der Waals surface area contributed by atoms with Gasteiger partial charge in [-0.15, -0.1) is 0 Å². The second-order valence-electron chi connectivity index (χ2n) is 18.5. The molecule has 65 heavy (non-hydrogen) atoms. The second-order valence-corrected chi connectivity index (χ2v) is 20.0. The largest absolute Gasteiger partial charge is 0.462 e. The van der Waals surface area contributed by atoms with Gasteiger partial charge < -0.3 is 34.3 Å². The lowest BCUT2D eigenvalue weighted by atomic mass is 10.00. The molecule has 1 heterocycles. The molecule has 1 fully saturated rings. The molecule has 382 valence electrons. The monoisotopic (exact) mass is 945 g/mol. The molecule has 1 aliphatic rings. The van der Waals surface area contributed by atoms with E-state index in [0.717, 1.165) is 64.2 Å². The van der Waals surface area contributed by atoms with Crippen LogP contribution in [0.25, 0.3) is 0 Å². The van der Waals surface area contributed by atoms with Crippen molar-refractivity contribution in [2.24, 2.45) is 0 Å². The molecule has 0 aromatic rings. The van der Waals surface area contributed by atoms with E-state index in [1.54, 1.807) is 0 Å². The highest BCUT2D eigenvalue weighted by Gasteiger charge is 2.46. The highest BCUT2D eigenvalue weighted by atomic mass is 32.2. The van der Waals surface area contributed by atoms with E-state index in [2.05, 4.69) is 38.2 Å². The summed E-state index contributed by atoms with van der Waals surface area (Å²) in [5.74, 6) is -1.99. The topological polar surface area (TPSA) is 186 Å². The SMILES string of the molecule is CCCCC/C=C\C/C=C\CCCCCCCC(=O)OC(COC(=O)CCCCCCCCCCCCCCCCCCCCCCCC)COC1OC(CS(=O)(=O)O)C(O)C(O)C1O. The lowest BCUT2D eigenvalue weighted by Crippen LogP contribution is -2.60. The van der Waals surface area contributed by atoms with Crippen molar-refractivity contribution in [3.05, 3.63) is 24.3 Å². The molecule has 0 spiro atoms. The third-order valence-corrected chi connectivity index (χ3v) is 13.0. The second kappa shape index (κ2) is 42.2. The van der Waals surface area contributed by atoms with Crippen LogP contribution in [-0.2, 0) is 38.7 Å². The Bertz CT molecular complexity index is 1290. The predicted molar refractivity (Wildman–Crippen MR) is 261 cm³/mol. The molecule has 0 saturated carbocycles. The fourth-order valence-electron chi connectivity index (χ4n) is 8.18. The van der Waals surface area contributed by atoms with Crippen molar-refractivity contribution >= 4 is 22.1 Å². The Kier molecular flexibility index (Phi) is 39.7. The molecule has 1 aliphatic heterocycles. The van der Waals surface area contributed by atoms with Gasteiger partial charge in [-0.05, 0) is 44.9 Å². The van der Waals surface area contributed by atoms with Crippen molar-refractivity contribution in [3.63, 3.8) is 0 Å². The van der Waals surface area contributed by atoms with Gasteiger partial charge in [0.25, 0.3) is 10.1 Å². The summed E-state index contributed by atoms with van der Waals surface area (Å²) in [6.45, 7) is 3.76. The first kappa shape index (κ1) is 61.1. The Labute approximate surface area is 396 Å². The number of aliphatic hydroxyl groups is 3. The van der Waals surface area contributed by atoms with E-state index >= 15 is 0 Å². The summed E-state index contributed by atoms with van der Waals surface area (Å²) in [6.07, 6.45) is 39.4. The first-order valence-corrected chi connectivity index (χ1v) is 28.0. The molecule has 0 aromatic carbocycles. The third kappa shape index (κ3) is 36.8. The van der Waals surface area contributed by atoms with Crippen molar-refractivity contribution in [1.29, 1.82) is 0 Å². The van der Waals surface area contributed by atoms with Gasteiger partial charge in [0.1, 0.15) is 36.8 Å². The molecule has 6 unspecified atom stereocenters. The Morgan fingerprint density at radius 3 is 1.38 bits per heavy atom. The molecule has 0 aromatic heterocycles. The number of carbonyl (C=O) groups excluding carboxylic acids is 2. The van der Waals surface area contributed by atoms with Gasteiger partial charge in [-0.25, -0.2) is 0 Å². The van der Waals surface area contributed by atoms with Gasteiger partial charge in [0.2, 0.25) is 0 Å². The van der Waals surface area contributed by atoms with Gasteiger partial charge in [0.15, 0.2) is 12.4 Å². The number of ether oxygens (including phenoxy) is 4. The smallest absolute Gasteiger partial charge is 0.306 e. The van der Waals surface area contributed by atoms with E-state index < -0.39 is 71.2 Å². The summed E-state index contributed by atoms with van der Waals surface area (Å²) in [6, 6.07) is 0. The van der Waals surface area contributed by atoms with E-state index in [9.17, 15) is 37.9 Å². The normalized spacial score (nSPS) is 19.6. The van der Waals surface area contributed by atoms with Crippen molar-refractivity contribution in [1.82, 2.24) is 0 Å². The molecule has 0 bridgehead atoms. The van der Waals surface area contributed by atoms with Gasteiger partial charge >= 0.3 is 11.9 Å². The standard InChI is InChI=1S/C52H96O12S/c1-3-5-7-9-11-13-15-17-19-20-21-22-23-24-25-27-28-30-32-34-36-38-40-47(53)61-42-45(43-62-52-51(57)50(56)49(55)46(64-52)44-65(58,59)60)63-48(54)41-39-37-35-33-31-29-26-18-16-14-12-10-8-6-4-2/h12,14,18,26,45-46,49-52,55-57H,3-11,13,15-17,19-25,27-44H2,1-2H3,(H,58,59,60)/b14-12-,26-18-. The zero-order valence-electron chi connectivity index (χ0n) is 41.1. The van der Waals surface area contributed by atoms with Crippen molar-refractivity contribution in [2.75, 3.05) is 19.0 Å². The molecule has 6 atom stereocenters. The van der Waals surface area contributed by atoms with Crippen LogP contribution >= 0.6 is 0 Å². The van der Waals surface area contributed by atoms with Crippen LogP contribution < -0.4 is 0 Å². The maximum atomic E-state index is 12.8. The van der Waals surface area contributed by atoms with Gasteiger partial charge in [-0.2, -0.15) is 8.42 Å². The first-order chi connectivity index (χ1) is 31.5. The highest BCUT2D eigenvalue weighted by molar-refractivity contribution is 7.85. The number of rotatable bonds is 45.